The van der Waals surface area contributed by atoms with E-state index in [0.717, 1.165) is 6.04 Å². The Kier molecular flexibility index (Phi) is 5.62. The van der Waals surface area contributed by atoms with Gasteiger partial charge in [0.15, 0.2) is 5.40 Å². The molecule has 0 fully saturated rings. The third-order valence-corrected chi connectivity index (χ3v) is 7.89. The van der Waals surface area contributed by atoms with Crippen molar-refractivity contribution in [2.45, 2.75) is 43.9 Å². The summed E-state index contributed by atoms with van der Waals surface area (Å²) in [6.45, 7) is 6.28. The van der Waals surface area contributed by atoms with E-state index in [1.54, 1.807) is 0 Å². The molecule has 0 aliphatic rings. The van der Waals surface area contributed by atoms with Crippen LogP contribution in [0.15, 0.2) is 0 Å². The second-order valence-electron chi connectivity index (χ2n) is 5.11. The molecule has 0 radical (unpaired) electrons. The maximum Gasteiger partial charge on any atom is 0.340 e. The van der Waals surface area contributed by atoms with E-state index >= 15 is 0 Å². The molecule has 0 aromatic rings. The van der Waals surface area contributed by atoms with Gasteiger partial charge in [-0.05, 0) is 6.42 Å². The largest absolute Gasteiger partial charge is 0.340 e. The monoisotopic (exact) mass is 290 g/mol. The van der Waals surface area contributed by atoms with Crippen molar-refractivity contribution in [3.8, 4) is 0 Å². The third kappa shape index (κ3) is 6.96. The molecule has 0 spiro atoms. The number of rotatable bonds is 6. The smallest absolute Gasteiger partial charge is 0.324 e. The molecular formula is C7H20O6P2Si. The number of hydrogen-bond donors (Lipinski definition) is 4. The van der Waals surface area contributed by atoms with E-state index in [2.05, 4.69) is 19.6 Å². The zero-order valence-electron chi connectivity index (χ0n) is 9.70. The van der Waals surface area contributed by atoms with Crippen LogP contribution in [0, 0.1) is 0 Å². The molecule has 0 unspecified atom stereocenters. The van der Waals surface area contributed by atoms with Crippen molar-refractivity contribution in [1.29, 1.82) is 0 Å². The maximum atomic E-state index is 10.9. The Morgan fingerprint density at radius 2 is 1.38 bits per heavy atom. The van der Waals surface area contributed by atoms with Crippen molar-refractivity contribution in [1.82, 2.24) is 0 Å². The molecule has 0 aromatic carbocycles. The Hall–Kier alpha value is 0.517. The Balaban J connectivity index is 4.50. The fourth-order valence-corrected chi connectivity index (χ4v) is 5.22. The minimum Gasteiger partial charge on any atom is -0.324 e. The highest BCUT2D eigenvalue weighted by Crippen LogP contribution is 2.61. The highest BCUT2D eigenvalue weighted by atomic mass is 31.2. The molecule has 0 saturated carbocycles. The van der Waals surface area contributed by atoms with Gasteiger partial charge in [-0.2, -0.15) is 0 Å². The van der Waals surface area contributed by atoms with Gasteiger partial charge in [-0.3, -0.25) is 9.13 Å². The SMILES string of the molecule is C[Si](C)(C)CCCC(P(=O)(O)O)P(=O)(O)O. The van der Waals surface area contributed by atoms with E-state index in [9.17, 15) is 9.13 Å². The average molecular weight is 290 g/mol. The van der Waals surface area contributed by atoms with Gasteiger partial charge >= 0.3 is 15.2 Å². The first-order chi connectivity index (χ1) is 6.84. The molecule has 0 amide bonds. The third-order valence-electron chi connectivity index (χ3n) is 2.17. The van der Waals surface area contributed by atoms with Crippen LogP contribution in [0.5, 0.6) is 0 Å². The molecule has 0 atom stereocenters. The second-order valence-corrected chi connectivity index (χ2v) is 14.7. The van der Waals surface area contributed by atoms with E-state index in [4.69, 9.17) is 19.6 Å². The molecule has 98 valence electrons. The molecule has 0 bridgehead atoms. The predicted octanol–water partition coefficient (Wildman–Crippen LogP) is 1.79. The molecule has 6 nitrogen and oxygen atoms in total. The Labute approximate surface area is 96.4 Å². The lowest BCUT2D eigenvalue weighted by molar-refractivity contribution is 0.335. The van der Waals surface area contributed by atoms with Gasteiger partial charge in [0.2, 0.25) is 0 Å². The van der Waals surface area contributed by atoms with Gasteiger partial charge in [0.05, 0.1) is 0 Å². The first-order valence-electron chi connectivity index (χ1n) is 4.94. The molecule has 0 aromatic heterocycles. The zero-order valence-corrected chi connectivity index (χ0v) is 12.5. The minimum atomic E-state index is -4.73. The van der Waals surface area contributed by atoms with Crippen molar-refractivity contribution in [3.05, 3.63) is 0 Å². The topological polar surface area (TPSA) is 115 Å². The Morgan fingerprint density at radius 3 is 1.62 bits per heavy atom. The van der Waals surface area contributed by atoms with Crippen LogP contribution in [0.4, 0.5) is 0 Å². The van der Waals surface area contributed by atoms with Gasteiger partial charge < -0.3 is 19.6 Å². The lowest BCUT2D eigenvalue weighted by atomic mass is 10.4. The van der Waals surface area contributed by atoms with Crippen LogP contribution in [0.1, 0.15) is 12.8 Å². The lowest BCUT2D eigenvalue weighted by Gasteiger charge is -2.21. The summed E-state index contributed by atoms with van der Waals surface area (Å²) in [4.78, 5) is 35.5. The summed E-state index contributed by atoms with van der Waals surface area (Å²) < 4.78 is 21.9. The first-order valence-corrected chi connectivity index (χ1v) is 12.0. The van der Waals surface area contributed by atoms with Crippen LogP contribution in [-0.2, 0) is 9.13 Å². The quantitative estimate of drug-likeness (QED) is 0.438. The summed E-state index contributed by atoms with van der Waals surface area (Å²) in [6, 6.07) is 0.795. The van der Waals surface area contributed by atoms with Crippen molar-refractivity contribution < 1.29 is 28.7 Å². The Bertz CT molecular complexity index is 291. The van der Waals surface area contributed by atoms with E-state index in [0.29, 0.717) is 6.42 Å². The van der Waals surface area contributed by atoms with E-state index in [1.807, 2.05) is 0 Å². The molecule has 16 heavy (non-hydrogen) atoms. The van der Waals surface area contributed by atoms with Gasteiger partial charge in [-0.25, -0.2) is 0 Å². The number of hydrogen-bond acceptors (Lipinski definition) is 2. The van der Waals surface area contributed by atoms with Gasteiger partial charge in [-0.15, -0.1) is 0 Å². The molecule has 4 N–H and O–H groups in total. The van der Waals surface area contributed by atoms with Crippen molar-refractivity contribution in [3.63, 3.8) is 0 Å². The molecule has 9 heteroatoms. The van der Waals surface area contributed by atoms with Crippen LogP contribution in [0.3, 0.4) is 0 Å². The summed E-state index contributed by atoms with van der Waals surface area (Å²) in [6.07, 6.45) is 0.315. The molecule has 0 aliphatic carbocycles. The fraction of sp³-hybridized carbons (Fsp3) is 1.00. The Morgan fingerprint density at radius 1 is 1.00 bits per heavy atom. The van der Waals surface area contributed by atoms with Crippen molar-refractivity contribution in [2.75, 3.05) is 0 Å². The molecule has 0 heterocycles. The summed E-state index contributed by atoms with van der Waals surface area (Å²) in [7, 11) is -10.8. The highest BCUT2D eigenvalue weighted by molar-refractivity contribution is 7.70. The van der Waals surface area contributed by atoms with E-state index in [-0.39, 0.29) is 6.42 Å². The summed E-state index contributed by atoms with van der Waals surface area (Å²) in [5, 5.41) is -1.84. The van der Waals surface area contributed by atoms with E-state index < -0.39 is 28.7 Å². The van der Waals surface area contributed by atoms with Crippen molar-refractivity contribution >= 4 is 23.3 Å². The molecule has 0 saturated heterocycles. The van der Waals surface area contributed by atoms with Gasteiger partial charge in [0, 0.05) is 8.07 Å². The van der Waals surface area contributed by atoms with Crippen LogP contribution >= 0.6 is 15.2 Å². The van der Waals surface area contributed by atoms with Gasteiger partial charge in [0.25, 0.3) is 0 Å². The second kappa shape index (κ2) is 5.44. The van der Waals surface area contributed by atoms with Crippen LogP contribution < -0.4 is 0 Å². The maximum absolute atomic E-state index is 10.9. The zero-order chi connectivity index (χ0) is 13.2. The summed E-state index contributed by atoms with van der Waals surface area (Å²) >= 11 is 0. The van der Waals surface area contributed by atoms with Gasteiger partial charge in [-0.1, -0.05) is 32.1 Å². The van der Waals surface area contributed by atoms with Crippen molar-refractivity contribution in [2.24, 2.45) is 0 Å². The lowest BCUT2D eigenvalue weighted by Crippen LogP contribution is -2.20. The predicted molar refractivity (Wildman–Crippen MR) is 65.3 cm³/mol. The van der Waals surface area contributed by atoms with Crippen LogP contribution in [-0.4, -0.2) is 33.0 Å². The summed E-state index contributed by atoms with van der Waals surface area (Å²) in [5.74, 6) is 0. The molecule has 0 aliphatic heterocycles. The first kappa shape index (κ1) is 16.5. The molecule has 0 rings (SSSR count). The average Bonchev–Trinajstić information content (AvgIpc) is 1.90. The van der Waals surface area contributed by atoms with Crippen LogP contribution in [0.2, 0.25) is 25.7 Å². The van der Waals surface area contributed by atoms with Crippen LogP contribution in [0.25, 0.3) is 0 Å². The standard InChI is InChI=1S/C7H20O6P2Si/c1-16(2,3)6-4-5-7(14(8,9)10)15(11,12)13/h7H,4-6H2,1-3H3,(H2,8,9,10)(H2,11,12,13). The fourth-order valence-electron chi connectivity index (χ4n) is 1.35. The normalized spacial score (nSPS) is 14.5. The highest BCUT2D eigenvalue weighted by Gasteiger charge is 2.42. The minimum absolute atomic E-state index is 0.126. The van der Waals surface area contributed by atoms with Gasteiger partial charge in [0.1, 0.15) is 0 Å². The van der Waals surface area contributed by atoms with E-state index in [1.165, 1.54) is 0 Å². The molecular weight excluding hydrogens is 270 g/mol. The summed E-state index contributed by atoms with van der Waals surface area (Å²) in [5.41, 5.74) is 0.